The minimum absolute atomic E-state index is 0.749. The van der Waals surface area contributed by atoms with Crippen LogP contribution in [0.1, 0.15) is 23.4 Å². The van der Waals surface area contributed by atoms with Crippen molar-refractivity contribution >= 4 is 11.5 Å². The van der Waals surface area contributed by atoms with Gasteiger partial charge >= 0.3 is 0 Å². The van der Waals surface area contributed by atoms with E-state index in [1.165, 1.54) is 5.56 Å². The third kappa shape index (κ3) is 4.26. The summed E-state index contributed by atoms with van der Waals surface area (Å²) >= 11 is 0. The Hall–Kier alpha value is -4.11. The molecule has 0 bridgehead atoms. The summed E-state index contributed by atoms with van der Waals surface area (Å²) in [6.07, 6.45) is 10.5. The molecule has 2 N–H and O–H groups in total. The SMILES string of the molecule is O/N=C1\CCc2cc(-c3nc(CN4CCN(c5cnccn5)CC4)[nH]c3-c3ccncc3)ccc21. The molecule has 1 aliphatic carbocycles. The Morgan fingerprint density at radius 3 is 2.54 bits per heavy atom. The number of aryl methyl sites for hydroxylation is 1. The molecule has 1 saturated heterocycles. The number of piperazine rings is 1. The second kappa shape index (κ2) is 9.27. The first kappa shape index (κ1) is 21.4. The molecule has 2 aliphatic rings. The van der Waals surface area contributed by atoms with Gasteiger partial charge in [0, 0.05) is 67.7 Å². The Balaban J connectivity index is 1.26. The van der Waals surface area contributed by atoms with Crippen LogP contribution in [-0.4, -0.2) is 66.9 Å². The Morgan fingerprint density at radius 2 is 1.77 bits per heavy atom. The number of aromatic amines is 1. The highest BCUT2D eigenvalue weighted by atomic mass is 16.4. The Kier molecular flexibility index (Phi) is 5.67. The van der Waals surface area contributed by atoms with Crippen LogP contribution in [0.15, 0.2) is 66.5 Å². The third-order valence-electron chi connectivity index (χ3n) is 6.78. The monoisotopic (exact) mass is 466 g/mol. The van der Waals surface area contributed by atoms with E-state index in [2.05, 4.69) is 47.0 Å². The van der Waals surface area contributed by atoms with Crippen molar-refractivity contribution in [3.8, 4) is 22.5 Å². The molecule has 0 spiro atoms. The number of H-pyrrole nitrogens is 1. The van der Waals surface area contributed by atoms with E-state index in [-0.39, 0.29) is 0 Å². The van der Waals surface area contributed by atoms with E-state index < -0.39 is 0 Å². The largest absolute Gasteiger partial charge is 0.411 e. The van der Waals surface area contributed by atoms with Gasteiger partial charge in [-0.25, -0.2) is 9.97 Å². The van der Waals surface area contributed by atoms with Crippen molar-refractivity contribution in [2.24, 2.45) is 5.16 Å². The summed E-state index contributed by atoms with van der Waals surface area (Å²) in [6, 6.07) is 10.3. The van der Waals surface area contributed by atoms with Crippen LogP contribution in [-0.2, 0) is 13.0 Å². The highest BCUT2D eigenvalue weighted by Gasteiger charge is 2.23. The zero-order chi connectivity index (χ0) is 23.6. The minimum atomic E-state index is 0.749. The van der Waals surface area contributed by atoms with Gasteiger partial charge in [-0.3, -0.25) is 14.9 Å². The molecule has 176 valence electrons. The molecule has 0 amide bonds. The average molecular weight is 467 g/mol. The summed E-state index contributed by atoms with van der Waals surface area (Å²) in [5, 5.41) is 12.7. The van der Waals surface area contributed by atoms with Crippen LogP contribution < -0.4 is 4.90 Å². The quantitative estimate of drug-likeness (QED) is 0.343. The predicted octanol–water partition coefficient (Wildman–Crippen LogP) is 3.38. The van der Waals surface area contributed by atoms with Gasteiger partial charge in [-0.05, 0) is 36.6 Å². The Bertz CT molecular complexity index is 1340. The molecule has 0 radical (unpaired) electrons. The smallest absolute Gasteiger partial charge is 0.147 e. The zero-order valence-corrected chi connectivity index (χ0v) is 19.3. The number of nitrogens with zero attached hydrogens (tertiary/aromatic N) is 7. The van der Waals surface area contributed by atoms with E-state index in [0.29, 0.717) is 0 Å². The molecule has 1 fully saturated rings. The topological polar surface area (TPSA) is 106 Å². The van der Waals surface area contributed by atoms with Crippen molar-refractivity contribution in [2.75, 3.05) is 31.1 Å². The average Bonchev–Trinajstić information content (AvgIpc) is 3.54. The number of benzene rings is 1. The van der Waals surface area contributed by atoms with E-state index in [1.54, 1.807) is 24.8 Å². The Labute approximate surface area is 203 Å². The normalized spacial score (nSPS) is 17.1. The van der Waals surface area contributed by atoms with Crippen LogP contribution in [0.2, 0.25) is 0 Å². The highest BCUT2D eigenvalue weighted by molar-refractivity contribution is 6.04. The number of hydrogen-bond donors (Lipinski definition) is 2. The fourth-order valence-electron chi connectivity index (χ4n) is 4.96. The van der Waals surface area contributed by atoms with Crippen LogP contribution in [0.25, 0.3) is 22.5 Å². The van der Waals surface area contributed by atoms with Crippen molar-refractivity contribution in [3.05, 3.63) is 78.3 Å². The summed E-state index contributed by atoms with van der Waals surface area (Å²) in [6.45, 7) is 4.42. The number of fused-ring (bicyclic) bond motifs is 1. The molecule has 0 saturated carbocycles. The van der Waals surface area contributed by atoms with Gasteiger partial charge in [0.15, 0.2) is 0 Å². The number of hydrogen-bond acceptors (Lipinski definition) is 8. The molecule has 1 aliphatic heterocycles. The fourth-order valence-corrected chi connectivity index (χ4v) is 4.96. The lowest BCUT2D eigenvalue weighted by atomic mass is 10.0. The maximum Gasteiger partial charge on any atom is 0.147 e. The van der Waals surface area contributed by atoms with Crippen LogP contribution in [0.4, 0.5) is 5.82 Å². The van der Waals surface area contributed by atoms with Crippen molar-refractivity contribution in [1.29, 1.82) is 0 Å². The van der Waals surface area contributed by atoms with Gasteiger partial charge in [0.05, 0.1) is 29.8 Å². The summed E-state index contributed by atoms with van der Waals surface area (Å²) in [5.41, 5.74) is 7.02. The first-order chi connectivity index (χ1) is 17.3. The molecule has 35 heavy (non-hydrogen) atoms. The van der Waals surface area contributed by atoms with Crippen LogP contribution in [0.3, 0.4) is 0 Å². The zero-order valence-electron chi connectivity index (χ0n) is 19.3. The van der Waals surface area contributed by atoms with Crippen LogP contribution >= 0.6 is 0 Å². The number of aromatic nitrogens is 5. The van der Waals surface area contributed by atoms with Crippen LogP contribution in [0, 0.1) is 0 Å². The van der Waals surface area contributed by atoms with Crippen molar-refractivity contribution in [1.82, 2.24) is 29.8 Å². The number of pyridine rings is 1. The second-order valence-corrected chi connectivity index (χ2v) is 8.89. The van der Waals surface area contributed by atoms with Gasteiger partial charge in [0.25, 0.3) is 0 Å². The second-order valence-electron chi connectivity index (χ2n) is 8.89. The molecule has 9 heteroatoms. The fraction of sp³-hybridized carbons (Fsp3) is 0.269. The first-order valence-electron chi connectivity index (χ1n) is 11.9. The lowest BCUT2D eigenvalue weighted by Crippen LogP contribution is -2.46. The summed E-state index contributed by atoms with van der Waals surface area (Å²) in [7, 11) is 0. The van der Waals surface area contributed by atoms with Crippen molar-refractivity contribution < 1.29 is 5.21 Å². The van der Waals surface area contributed by atoms with E-state index >= 15 is 0 Å². The third-order valence-corrected chi connectivity index (χ3v) is 6.78. The molecule has 4 heterocycles. The lowest BCUT2D eigenvalue weighted by Gasteiger charge is -2.34. The van der Waals surface area contributed by atoms with Gasteiger partial charge in [0.1, 0.15) is 11.6 Å². The summed E-state index contributed by atoms with van der Waals surface area (Å²) in [4.78, 5) is 26.1. The molecular formula is C26H26N8O. The molecule has 0 atom stereocenters. The van der Waals surface area contributed by atoms with Gasteiger partial charge in [0.2, 0.25) is 0 Å². The molecular weight excluding hydrogens is 440 g/mol. The minimum Gasteiger partial charge on any atom is -0.411 e. The van der Waals surface area contributed by atoms with Crippen LogP contribution in [0.5, 0.6) is 0 Å². The molecule has 0 unspecified atom stereocenters. The number of anilines is 1. The summed E-state index contributed by atoms with van der Waals surface area (Å²) in [5.74, 6) is 1.87. The summed E-state index contributed by atoms with van der Waals surface area (Å²) < 4.78 is 0. The molecule has 9 nitrogen and oxygen atoms in total. The maximum absolute atomic E-state index is 9.28. The number of oxime groups is 1. The highest BCUT2D eigenvalue weighted by Crippen LogP contribution is 2.33. The standard InChI is InChI=1S/C26H26N8O/c35-32-22-4-2-19-15-20(1-3-21(19)22)26-25(18-5-7-27-8-6-18)30-23(31-26)17-33-11-13-34(14-12-33)24-16-28-9-10-29-24/h1,3,5-10,15-16,35H,2,4,11-14,17H2,(H,30,31)/b32-22+. The van der Waals surface area contributed by atoms with E-state index in [9.17, 15) is 5.21 Å². The van der Waals surface area contributed by atoms with E-state index in [1.807, 2.05) is 24.4 Å². The van der Waals surface area contributed by atoms with Gasteiger partial charge in [-0.2, -0.15) is 0 Å². The first-order valence-corrected chi connectivity index (χ1v) is 11.9. The van der Waals surface area contributed by atoms with Crippen molar-refractivity contribution in [2.45, 2.75) is 19.4 Å². The van der Waals surface area contributed by atoms with Gasteiger partial charge in [-0.15, -0.1) is 0 Å². The molecule has 4 aromatic rings. The van der Waals surface area contributed by atoms with Crippen molar-refractivity contribution in [3.63, 3.8) is 0 Å². The Morgan fingerprint density at radius 1 is 0.914 bits per heavy atom. The molecule has 6 rings (SSSR count). The van der Waals surface area contributed by atoms with Gasteiger partial charge < -0.3 is 15.1 Å². The number of rotatable bonds is 5. The maximum atomic E-state index is 9.28. The van der Waals surface area contributed by atoms with Gasteiger partial charge in [-0.1, -0.05) is 17.3 Å². The predicted molar refractivity (Wildman–Crippen MR) is 133 cm³/mol. The molecule has 3 aromatic heterocycles. The van der Waals surface area contributed by atoms with E-state index in [0.717, 1.165) is 91.0 Å². The lowest BCUT2D eigenvalue weighted by molar-refractivity contribution is 0.244. The number of imidazole rings is 1. The van der Waals surface area contributed by atoms with E-state index in [4.69, 9.17) is 4.98 Å². The molecule has 1 aromatic carbocycles. The number of nitrogens with one attached hydrogen (secondary N) is 1.